The molecule has 0 spiro atoms. The van der Waals surface area contributed by atoms with Crippen LogP contribution in [0.25, 0.3) is 0 Å². The van der Waals surface area contributed by atoms with Crippen molar-refractivity contribution < 1.29 is 27.8 Å². The fourth-order valence-electron chi connectivity index (χ4n) is 2.79. The number of hydrazine groups is 1. The Bertz CT molecular complexity index is 1290. The molecule has 2 aromatic carbocycles. The zero-order valence-corrected chi connectivity index (χ0v) is 17.9. The van der Waals surface area contributed by atoms with E-state index >= 15 is 0 Å². The Balaban J connectivity index is 1.76. The minimum absolute atomic E-state index is 0.160. The van der Waals surface area contributed by atoms with Gasteiger partial charge in [-0.05, 0) is 23.8 Å². The summed E-state index contributed by atoms with van der Waals surface area (Å²) in [6.45, 7) is 0. The number of nitro groups is 2. The van der Waals surface area contributed by atoms with Crippen LogP contribution in [0.5, 0.6) is 0 Å². The van der Waals surface area contributed by atoms with Gasteiger partial charge in [0.15, 0.2) is 0 Å². The summed E-state index contributed by atoms with van der Waals surface area (Å²) in [5.41, 5.74) is 2.64. The van der Waals surface area contributed by atoms with Crippen molar-refractivity contribution in [1.82, 2.24) is 15.4 Å². The second-order valence-electron chi connectivity index (χ2n) is 6.77. The van der Waals surface area contributed by atoms with Crippen LogP contribution in [0.4, 0.5) is 41.9 Å². The van der Waals surface area contributed by atoms with Gasteiger partial charge < -0.3 is 5.32 Å². The van der Waals surface area contributed by atoms with Crippen LogP contribution < -0.4 is 16.2 Å². The second kappa shape index (κ2) is 10.2. The first kappa shape index (κ1) is 25.1. The predicted molar refractivity (Wildman–Crippen MR) is 117 cm³/mol. The third-order valence-electron chi connectivity index (χ3n) is 4.37. The molecule has 0 bridgehead atoms. The molecule has 1 amide bonds. The van der Waals surface area contributed by atoms with Crippen molar-refractivity contribution in [2.75, 3.05) is 10.7 Å². The van der Waals surface area contributed by atoms with Crippen LogP contribution >= 0.6 is 11.6 Å². The molecule has 182 valence electrons. The minimum atomic E-state index is -4.76. The smallest absolute Gasteiger partial charge is 0.334 e. The number of nitrogens with zero attached hydrogens (tertiary/aromatic N) is 4. The fraction of sp³-hybridized carbons (Fsp3) is 0.105. The molecule has 3 aromatic rings. The largest absolute Gasteiger partial charge is 0.417 e. The van der Waals surface area contributed by atoms with E-state index in [4.69, 9.17) is 11.6 Å². The molecule has 35 heavy (non-hydrogen) atoms. The van der Waals surface area contributed by atoms with Gasteiger partial charge in [0.05, 0.1) is 26.9 Å². The quantitative estimate of drug-likeness (QED) is 0.293. The zero-order valence-electron chi connectivity index (χ0n) is 17.2. The number of rotatable bonds is 8. The number of nitrogens with one attached hydrogen (secondary N) is 3. The van der Waals surface area contributed by atoms with Gasteiger partial charge >= 0.3 is 11.9 Å². The van der Waals surface area contributed by atoms with Gasteiger partial charge in [-0.1, -0.05) is 23.7 Å². The van der Waals surface area contributed by atoms with Crippen LogP contribution in [-0.4, -0.2) is 25.7 Å². The predicted octanol–water partition coefficient (Wildman–Crippen LogP) is 4.39. The van der Waals surface area contributed by atoms with Gasteiger partial charge in [-0.3, -0.25) is 35.9 Å². The fourth-order valence-corrected chi connectivity index (χ4v) is 3.01. The number of aromatic nitrogens is 2. The average Bonchev–Trinajstić information content (AvgIpc) is 2.78. The average molecular weight is 512 g/mol. The van der Waals surface area contributed by atoms with Crippen molar-refractivity contribution in [3.63, 3.8) is 0 Å². The van der Waals surface area contributed by atoms with Crippen molar-refractivity contribution in [3.05, 3.63) is 85.2 Å². The summed E-state index contributed by atoms with van der Waals surface area (Å²) in [6.07, 6.45) is -4.09. The molecule has 0 saturated carbocycles. The maximum Gasteiger partial charge on any atom is 0.417 e. The van der Waals surface area contributed by atoms with Crippen molar-refractivity contribution in [2.45, 2.75) is 12.6 Å². The topological polar surface area (TPSA) is 165 Å². The number of carbonyl (C=O) groups excluding carboxylic acids is 1. The molecule has 0 atom stereocenters. The van der Waals surface area contributed by atoms with Crippen molar-refractivity contribution in [2.24, 2.45) is 0 Å². The summed E-state index contributed by atoms with van der Waals surface area (Å²) < 4.78 is 39.3. The SMILES string of the molecule is O=C(Cc1ccc([N+](=O)[O-])cc1)NNc1ncnc(Nc2ccc(Cl)c(C(F)(F)F)c2)c1[N+](=O)[O-]. The molecule has 16 heteroatoms. The maximum absolute atomic E-state index is 13.1. The number of hydrogen-bond donors (Lipinski definition) is 3. The Morgan fingerprint density at radius 3 is 2.26 bits per heavy atom. The highest BCUT2D eigenvalue weighted by atomic mass is 35.5. The molecule has 0 aliphatic rings. The van der Waals surface area contributed by atoms with Crippen LogP contribution in [0.3, 0.4) is 0 Å². The summed E-state index contributed by atoms with van der Waals surface area (Å²) in [7, 11) is 0. The Kier molecular flexibility index (Phi) is 7.29. The third kappa shape index (κ3) is 6.29. The van der Waals surface area contributed by atoms with Crippen LogP contribution in [0.1, 0.15) is 11.1 Å². The summed E-state index contributed by atoms with van der Waals surface area (Å²) in [5, 5.41) is 24.2. The van der Waals surface area contributed by atoms with Gasteiger partial charge in [-0.25, -0.2) is 9.97 Å². The molecule has 0 aliphatic heterocycles. The highest BCUT2D eigenvalue weighted by Crippen LogP contribution is 2.37. The number of halogens is 4. The number of alkyl halides is 3. The lowest BCUT2D eigenvalue weighted by atomic mass is 10.1. The van der Waals surface area contributed by atoms with Crippen LogP contribution in [0.15, 0.2) is 48.8 Å². The molecule has 3 rings (SSSR count). The zero-order chi connectivity index (χ0) is 25.8. The molecule has 1 heterocycles. The minimum Gasteiger partial charge on any atom is -0.334 e. The number of nitro benzene ring substituents is 1. The van der Waals surface area contributed by atoms with E-state index in [0.29, 0.717) is 11.6 Å². The van der Waals surface area contributed by atoms with Crippen molar-refractivity contribution in [1.29, 1.82) is 0 Å². The van der Waals surface area contributed by atoms with E-state index in [0.717, 1.165) is 12.4 Å². The van der Waals surface area contributed by atoms with E-state index in [-0.39, 0.29) is 17.8 Å². The lowest BCUT2D eigenvalue weighted by molar-refractivity contribution is -0.384. The molecule has 1 aromatic heterocycles. The Hall–Kier alpha value is -4.53. The van der Waals surface area contributed by atoms with E-state index in [1.165, 1.54) is 30.3 Å². The normalized spacial score (nSPS) is 11.0. The second-order valence-corrected chi connectivity index (χ2v) is 7.17. The van der Waals surface area contributed by atoms with E-state index in [1.54, 1.807) is 0 Å². The summed E-state index contributed by atoms with van der Waals surface area (Å²) in [6, 6.07) is 7.96. The van der Waals surface area contributed by atoms with E-state index < -0.39 is 49.8 Å². The molecule has 12 nitrogen and oxygen atoms in total. The molecular formula is C19H13ClF3N7O5. The molecular weight excluding hydrogens is 499 g/mol. The lowest BCUT2D eigenvalue weighted by Gasteiger charge is -2.13. The molecule has 0 aliphatic carbocycles. The van der Waals surface area contributed by atoms with E-state index in [2.05, 4.69) is 26.1 Å². The van der Waals surface area contributed by atoms with Crippen LogP contribution in [0.2, 0.25) is 5.02 Å². The monoisotopic (exact) mass is 511 g/mol. The van der Waals surface area contributed by atoms with Gasteiger partial charge in [0.1, 0.15) is 6.33 Å². The number of carbonyl (C=O) groups is 1. The van der Waals surface area contributed by atoms with Crippen molar-refractivity contribution in [3.8, 4) is 0 Å². The number of benzene rings is 2. The molecule has 0 saturated heterocycles. The molecule has 0 unspecified atom stereocenters. The number of non-ortho nitro benzene ring substituents is 1. The van der Waals surface area contributed by atoms with E-state index in [1.807, 2.05) is 0 Å². The number of hydrogen-bond acceptors (Lipinski definition) is 9. The van der Waals surface area contributed by atoms with Gasteiger partial charge in [0.2, 0.25) is 17.5 Å². The standard InChI is InChI=1S/C19H13ClF3N7O5/c20-14-6-3-11(8-13(14)19(21,22)23)26-17-16(30(34)35)18(25-9-24-17)28-27-15(31)7-10-1-4-12(5-2-10)29(32)33/h1-6,8-9H,7H2,(H,27,31)(H2,24,25,26,28). The van der Waals surface area contributed by atoms with Gasteiger partial charge in [-0.2, -0.15) is 13.2 Å². The summed E-state index contributed by atoms with van der Waals surface area (Å²) >= 11 is 5.58. The molecule has 3 N–H and O–H groups in total. The van der Waals surface area contributed by atoms with Crippen LogP contribution in [-0.2, 0) is 17.4 Å². The maximum atomic E-state index is 13.1. The molecule has 0 fully saturated rings. The highest BCUT2D eigenvalue weighted by Gasteiger charge is 2.33. The Labute approximate surface area is 198 Å². The third-order valence-corrected chi connectivity index (χ3v) is 4.70. The van der Waals surface area contributed by atoms with Gasteiger partial charge in [0, 0.05) is 17.8 Å². The Morgan fingerprint density at radius 1 is 1.00 bits per heavy atom. The number of anilines is 3. The summed E-state index contributed by atoms with van der Waals surface area (Å²) in [5.74, 6) is -1.56. The van der Waals surface area contributed by atoms with E-state index in [9.17, 15) is 38.2 Å². The first-order valence-electron chi connectivity index (χ1n) is 9.37. The molecule has 0 radical (unpaired) electrons. The Morgan fingerprint density at radius 2 is 1.66 bits per heavy atom. The lowest BCUT2D eigenvalue weighted by Crippen LogP contribution is -2.31. The van der Waals surface area contributed by atoms with Gasteiger partial charge in [0.25, 0.3) is 5.69 Å². The van der Waals surface area contributed by atoms with Crippen molar-refractivity contribution >= 4 is 46.2 Å². The first-order chi connectivity index (χ1) is 16.5. The summed E-state index contributed by atoms with van der Waals surface area (Å²) in [4.78, 5) is 40.4. The van der Waals surface area contributed by atoms with Gasteiger partial charge in [-0.15, -0.1) is 0 Å². The first-order valence-corrected chi connectivity index (χ1v) is 9.75. The highest BCUT2D eigenvalue weighted by molar-refractivity contribution is 6.31. The number of amides is 1. The van der Waals surface area contributed by atoms with Crippen LogP contribution in [0, 0.1) is 20.2 Å².